The Balaban J connectivity index is 1.57. The number of thioether (sulfide) groups is 1. The molecule has 0 radical (unpaired) electrons. The minimum Gasteiger partial charge on any atom is -0.396 e. The molecular formula is C12H18N2O2S2. The molecule has 0 unspecified atom stereocenters. The lowest BCUT2D eigenvalue weighted by molar-refractivity contribution is -0.137. The van der Waals surface area contributed by atoms with E-state index < -0.39 is 0 Å². The van der Waals surface area contributed by atoms with Crippen molar-refractivity contribution in [2.24, 2.45) is 5.92 Å². The maximum absolute atomic E-state index is 11.7. The number of aromatic nitrogens is 1. The molecule has 0 spiro atoms. The Morgan fingerprint density at radius 3 is 3.06 bits per heavy atom. The van der Waals surface area contributed by atoms with Gasteiger partial charge in [0.1, 0.15) is 0 Å². The third-order valence-corrected chi connectivity index (χ3v) is 4.76. The Hall–Kier alpha value is -0.590. The molecule has 4 nitrogen and oxygen atoms in total. The fourth-order valence-electron chi connectivity index (χ4n) is 1.86. The fraction of sp³-hybridized carbons (Fsp3) is 0.667. The number of carbonyl (C=O) groups excluding carboxylic acids is 1. The predicted molar refractivity (Wildman–Crippen MR) is 74.8 cm³/mol. The SMILES string of the molecule is Cc1nc(CSCCC(=O)N2CC(CO)C2)cs1. The molecule has 1 fully saturated rings. The van der Waals surface area contributed by atoms with Crippen LogP contribution in [0.1, 0.15) is 17.1 Å². The van der Waals surface area contributed by atoms with Crippen LogP contribution in [0.3, 0.4) is 0 Å². The monoisotopic (exact) mass is 286 g/mol. The van der Waals surface area contributed by atoms with Gasteiger partial charge in [0.05, 0.1) is 10.7 Å². The summed E-state index contributed by atoms with van der Waals surface area (Å²) in [6.45, 7) is 3.65. The van der Waals surface area contributed by atoms with Crippen molar-refractivity contribution in [2.75, 3.05) is 25.4 Å². The highest BCUT2D eigenvalue weighted by atomic mass is 32.2. The van der Waals surface area contributed by atoms with Crippen LogP contribution in [-0.2, 0) is 10.5 Å². The highest BCUT2D eigenvalue weighted by Gasteiger charge is 2.29. The van der Waals surface area contributed by atoms with Crippen molar-refractivity contribution in [1.82, 2.24) is 9.88 Å². The first-order chi connectivity index (χ1) is 8.69. The van der Waals surface area contributed by atoms with Crippen molar-refractivity contribution < 1.29 is 9.90 Å². The molecule has 1 amide bonds. The van der Waals surface area contributed by atoms with E-state index in [4.69, 9.17) is 5.11 Å². The van der Waals surface area contributed by atoms with Gasteiger partial charge in [0.15, 0.2) is 0 Å². The number of nitrogens with zero attached hydrogens (tertiary/aromatic N) is 2. The van der Waals surface area contributed by atoms with E-state index in [-0.39, 0.29) is 12.5 Å². The van der Waals surface area contributed by atoms with E-state index in [1.165, 1.54) is 0 Å². The molecule has 6 heteroatoms. The van der Waals surface area contributed by atoms with Crippen LogP contribution in [0.15, 0.2) is 5.38 Å². The lowest BCUT2D eigenvalue weighted by Crippen LogP contribution is -2.51. The van der Waals surface area contributed by atoms with E-state index in [0.29, 0.717) is 12.3 Å². The van der Waals surface area contributed by atoms with Gasteiger partial charge in [-0.25, -0.2) is 4.98 Å². The van der Waals surface area contributed by atoms with Gasteiger partial charge in [0.25, 0.3) is 0 Å². The number of aliphatic hydroxyl groups excluding tert-OH is 1. The summed E-state index contributed by atoms with van der Waals surface area (Å²) in [5, 5.41) is 12.0. The van der Waals surface area contributed by atoms with Crippen LogP contribution in [0.5, 0.6) is 0 Å². The molecule has 100 valence electrons. The number of carbonyl (C=O) groups is 1. The zero-order chi connectivity index (χ0) is 13.0. The zero-order valence-electron chi connectivity index (χ0n) is 10.5. The Morgan fingerprint density at radius 1 is 1.67 bits per heavy atom. The minimum absolute atomic E-state index is 0.196. The Kier molecular flexibility index (Phi) is 5.03. The summed E-state index contributed by atoms with van der Waals surface area (Å²) in [4.78, 5) is 17.9. The van der Waals surface area contributed by atoms with Crippen LogP contribution >= 0.6 is 23.1 Å². The van der Waals surface area contributed by atoms with Gasteiger partial charge < -0.3 is 10.0 Å². The highest BCUT2D eigenvalue weighted by molar-refractivity contribution is 7.98. The highest BCUT2D eigenvalue weighted by Crippen LogP contribution is 2.19. The number of thiazole rings is 1. The Morgan fingerprint density at radius 2 is 2.44 bits per heavy atom. The lowest BCUT2D eigenvalue weighted by atomic mass is 10.0. The quantitative estimate of drug-likeness (QED) is 0.806. The summed E-state index contributed by atoms with van der Waals surface area (Å²) < 4.78 is 0. The van der Waals surface area contributed by atoms with E-state index >= 15 is 0 Å². The first kappa shape index (κ1) is 13.8. The topological polar surface area (TPSA) is 53.4 Å². The first-order valence-corrected chi connectivity index (χ1v) is 8.10. The lowest BCUT2D eigenvalue weighted by Gasteiger charge is -2.38. The van der Waals surface area contributed by atoms with E-state index in [2.05, 4.69) is 10.4 Å². The maximum atomic E-state index is 11.7. The second-order valence-corrected chi connectivity index (χ2v) is 6.68. The molecule has 2 heterocycles. The Bertz CT molecular complexity index is 403. The molecule has 18 heavy (non-hydrogen) atoms. The average Bonchev–Trinajstić information content (AvgIpc) is 2.69. The van der Waals surface area contributed by atoms with Gasteiger partial charge in [0, 0.05) is 48.9 Å². The summed E-state index contributed by atoms with van der Waals surface area (Å²) in [7, 11) is 0. The number of rotatable bonds is 6. The second-order valence-electron chi connectivity index (χ2n) is 4.51. The minimum atomic E-state index is 0.196. The van der Waals surface area contributed by atoms with Crippen LogP contribution in [0.25, 0.3) is 0 Å². The van der Waals surface area contributed by atoms with Gasteiger partial charge in [-0.3, -0.25) is 4.79 Å². The van der Waals surface area contributed by atoms with E-state index in [1.807, 2.05) is 11.8 Å². The third-order valence-electron chi connectivity index (χ3n) is 2.94. The number of hydrogen-bond acceptors (Lipinski definition) is 5. The zero-order valence-corrected chi connectivity index (χ0v) is 12.1. The summed E-state index contributed by atoms with van der Waals surface area (Å²) >= 11 is 3.42. The number of aryl methyl sites for hydroxylation is 1. The summed E-state index contributed by atoms with van der Waals surface area (Å²) in [6.07, 6.45) is 0.589. The van der Waals surface area contributed by atoms with Gasteiger partial charge in [0.2, 0.25) is 5.91 Å². The number of amides is 1. The molecule has 0 aromatic carbocycles. The maximum Gasteiger partial charge on any atom is 0.223 e. The smallest absolute Gasteiger partial charge is 0.223 e. The van der Waals surface area contributed by atoms with Crippen LogP contribution in [0, 0.1) is 12.8 Å². The molecule has 0 atom stereocenters. The number of hydrogen-bond donors (Lipinski definition) is 1. The molecule has 1 aromatic heterocycles. The molecule has 1 aromatic rings. The van der Waals surface area contributed by atoms with Gasteiger partial charge in [-0.05, 0) is 6.92 Å². The standard InChI is InChI=1S/C12H18N2O2S2/c1-9-13-11(8-18-9)7-17-3-2-12(16)14-4-10(5-14)6-15/h8,10,15H,2-7H2,1H3. The van der Waals surface area contributed by atoms with Crippen molar-refractivity contribution in [2.45, 2.75) is 19.1 Å². The van der Waals surface area contributed by atoms with Crippen molar-refractivity contribution in [3.8, 4) is 0 Å². The van der Waals surface area contributed by atoms with Crippen LogP contribution in [0.2, 0.25) is 0 Å². The van der Waals surface area contributed by atoms with Crippen molar-refractivity contribution in [3.63, 3.8) is 0 Å². The molecular weight excluding hydrogens is 268 g/mol. The van der Waals surface area contributed by atoms with Gasteiger partial charge in [-0.15, -0.1) is 11.3 Å². The normalized spacial score (nSPS) is 15.8. The van der Waals surface area contributed by atoms with Crippen molar-refractivity contribution in [3.05, 3.63) is 16.1 Å². The summed E-state index contributed by atoms with van der Waals surface area (Å²) in [6, 6.07) is 0. The van der Waals surface area contributed by atoms with E-state index in [1.54, 1.807) is 23.1 Å². The van der Waals surface area contributed by atoms with Crippen LogP contribution in [-0.4, -0.2) is 46.3 Å². The second kappa shape index (κ2) is 6.54. The first-order valence-electron chi connectivity index (χ1n) is 6.06. The molecule has 0 aliphatic carbocycles. The van der Waals surface area contributed by atoms with Crippen molar-refractivity contribution >= 4 is 29.0 Å². The number of aliphatic hydroxyl groups is 1. The van der Waals surface area contributed by atoms with Gasteiger partial charge in [-0.2, -0.15) is 11.8 Å². The van der Waals surface area contributed by atoms with E-state index in [0.717, 1.165) is 35.3 Å². The fourth-order valence-corrected chi connectivity index (χ4v) is 3.40. The average molecular weight is 286 g/mol. The summed E-state index contributed by atoms with van der Waals surface area (Å²) in [5.41, 5.74) is 1.11. The summed E-state index contributed by atoms with van der Waals surface area (Å²) in [5.74, 6) is 2.24. The molecule has 1 saturated heterocycles. The molecule has 1 aliphatic heterocycles. The van der Waals surface area contributed by atoms with Crippen LogP contribution in [0.4, 0.5) is 0 Å². The van der Waals surface area contributed by atoms with Crippen LogP contribution < -0.4 is 0 Å². The largest absolute Gasteiger partial charge is 0.396 e. The predicted octanol–water partition coefficient (Wildman–Crippen LogP) is 1.53. The van der Waals surface area contributed by atoms with Gasteiger partial charge in [-0.1, -0.05) is 0 Å². The van der Waals surface area contributed by atoms with Crippen molar-refractivity contribution in [1.29, 1.82) is 0 Å². The third kappa shape index (κ3) is 3.70. The van der Waals surface area contributed by atoms with E-state index in [9.17, 15) is 4.79 Å². The number of likely N-dealkylation sites (tertiary alicyclic amines) is 1. The molecule has 0 saturated carbocycles. The Labute approximate surface area is 115 Å². The molecule has 1 N–H and O–H groups in total. The van der Waals surface area contributed by atoms with Gasteiger partial charge >= 0.3 is 0 Å². The molecule has 2 rings (SSSR count). The molecule has 0 bridgehead atoms. The molecule has 1 aliphatic rings.